The van der Waals surface area contributed by atoms with Crippen LogP contribution in [0.4, 0.5) is 4.39 Å². The predicted octanol–water partition coefficient (Wildman–Crippen LogP) is 2.45. The Morgan fingerprint density at radius 2 is 2.17 bits per heavy atom. The summed E-state index contributed by atoms with van der Waals surface area (Å²) >= 11 is 0. The zero-order valence-corrected chi connectivity index (χ0v) is 13.7. The fraction of sp³-hybridized carbons (Fsp3) is 0.118. The van der Waals surface area contributed by atoms with Gasteiger partial charge in [0.15, 0.2) is 0 Å². The van der Waals surface area contributed by atoms with Gasteiger partial charge < -0.3 is 5.32 Å². The molecule has 0 unspecified atom stereocenters. The largest absolute Gasteiger partial charge is 0.316 e. The topological polar surface area (TPSA) is 64.0 Å². The van der Waals surface area contributed by atoms with E-state index < -0.39 is 16.0 Å². The van der Waals surface area contributed by atoms with Crippen LogP contribution in [0.1, 0.15) is 5.56 Å². The summed E-state index contributed by atoms with van der Waals surface area (Å²) in [6, 6.07) is 13.5. The number of nitrogens with one attached hydrogen (secondary N) is 1. The van der Waals surface area contributed by atoms with Crippen molar-refractivity contribution in [2.24, 2.45) is 0 Å². The molecule has 5 nitrogen and oxygen atoms in total. The molecule has 3 rings (SSSR count). The Balaban J connectivity index is 2.23. The van der Waals surface area contributed by atoms with E-state index in [1.54, 1.807) is 31.3 Å². The summed E-state index contributed by atoms with van der Waals surface area (Å²) in [7, 11) is -2.12. The van der Waals surface area contributed by atoms with E-state index in [9.17, 15) is 12.8 Å². The first-order valence-electron chi connectivity index (χ1n) is 7.22. The summed E-state index contributed by atoms with van der Waals surface area (Å²) in [6.07, 6.45) is 2.81. The SMILES string of the molecule is CNCc1cc(-c2cccnc2F)n(S(=O)(=O)c2c[c]ccc2)c1. The average molecular weight is 344 g/mol. The van der Waals surface area contributed by atoms with Crippen LogP contribution in [0.15, 0.2) is 59.8 Å². The van der Waals surface area contributed by atoms with Crippen LogP contribution in [-0.2, 0) is 16.6 Å². The second-order valence-corrected chi connectivity index (χ2v) is 6.96. The molecule has 2 aromatic heterocycles. The van der Waals surface area contributed by atoms with Gasteiger partial charge in [0.05, 0.1) is 16.2 Å². The number of nitrogens with zero attached hydrogens (tertiary/aromatic N) is 2. The van der Waals surface area contributed by atoms with Crippen LogP contribution >= 0.6 is 0 Å². The monoisotopic (exact) mass is 344 g/mol. The first kappa shape index (κ1) is 16.4. The van der Waals surface area contributed by atoms with E-state index in [0.717, 1.165) is 9.54 Å². The summed E-state index contributed by atoms with van der Waals surface area (Å²) in [5.41, 5.74) is 1.08. The molecule has 0 bridgehead atoms. The average Bonchev–Trinajstić information content (AvgIpc) is 3.01. The minimum absolute atomic E-state index is 0.0853. The molecule has 0 aliphatic heterocycles. The van der Waals surface area contributed by atoms with E-state index in [4.69, 9.17) is 0 Å². The Bertz CT molecular complexity index is 953. The first-order valence-corrected chi connectivity index (χ1v) is 8.66. The zero-order chi connectivity index (χ0) is 17.2. The van der Waals surface area contributed by atoms with E-state index in [1.165, 1.54) is 30.6 Å². The van der Waals surface area contributed by atoms with Crippen molar-refractivity contribution in [3.05, 3.63) is 72.4 Å². The lowest BCUT2D eigenvalue weighted by Crippen LogP contribution is -2.14. The maximum absolute atomic E-state index is 14.1. The quantitative estimate of drug-likeness (QED) is 0.722. The van der Waals surface area contributed by atoms with Crippen LogP contribution in [-0.4, -0.2) is 24.4 Å². The molecule has 0 aliphatic rings. The molecule has 3 aromatic rings. The van der Waals surface area contributed by atoms with Crippen molar-refractivity contribution in [2.45, 2.75) is 11.4 Å². The van der Waals surface area contributed by atoms with Crippen molar-refractivity contribution < 1.29 is 12.8 Å². The third-order valence-corrected chi connectivity index (χ3v) is 5.16. The van der Waals surface area contributed by atoms with E-state index in [2.05, 4.69) is 16.4 Å². The van der Waals surface area contributed by atoms with Crippen molar-refractivity contribution in [2.75, 3.05) is 7.05 Å². The molecule has 0 spiro atoms. The van der Waals surface area contributed by atoms with Crippen molar-refractivity contribution in [1.82, 2.24) is 14.3 Å². The Morgan fingerprint density at radius 1 is 1.33 bits per heavy atom. The molecule has 1 radical (unpaired) electrons. The van der Waals surface area contributed by atoms with Gasteiger partial charge in [0, 0.05) is 18.9 Å². The minimum atomic E-state index is -3.87. The van der Waals surface area contributed by atoms with Crippen LogP contribution in [0.3, 0.4) is 0 Å². The number of benzene rings is 1. The van der Waals surface area contributed by atoms with Gasteiger partial charge in [-0.2, -0.15) is 4.39 Å². The van der Waals surface area contributed by atoms with Crippen LogP contribution in [0.25, 0.3) is 11.3 Å². The first-order chi connectivity index (χ1) is 11.5. The minimum Gasteiger partial charge on any atom is -0.316 e. The lowest BCUT2D eigenvalue weighted by molar-refractivity contribution is 0.583. The van der Waals surface area contributed by atoms with Gasteiger partial charge in [-0.3, -0.25) is 0 Å². The van der Waals surface area contributed by atoms with Gasteiger partial charge in [-0.1, -0.05) is 12.1 Å². The number of pyridine rings is 1. The summed E-state index contributed by atoms with van der Waals surface area (Å²) in [5, 5.41) is 2.96. The Kier molecular flexibility index (Phi) is 4.46. The molecule has 0 aliphatic carbocycles. The molecule has 0 fully saturated rings. The number of rotatable bonds is 5. The maximum atomic E-state index is 14.1. The molecular weight excluding hydrogens is 329 g/mol. The van der Waals surface area contributed by atoms with Gasteiger partial charge in [-0.05, 0) is 49.0 Å². The summed E-state index contributed by atoms with van der Waals surface area (Å²) < 4.78 is 41.1. The van der Waals surface area contributed by atoms with Crippen molar-refractivity contribution in [1.29, 1.82) is 0 Å². The van der Waals surface area contributed by atoms with Crippen LogP contribution < -0.4 is 5.32 Å². The molecule has 24 heavy (non-hydrogen) atoms. The van der Waals surface area contributed by atoms with Crippen molar-refractivity contribution >= 4 is 10.0 Å². The van der Waals surface area contributed by atoms with Gasteiger partial charge in [-0.15, -0.1) is 0 Å². The van der Waals surface area contributed by atoms with Gasteiger partial charge in [-0.25, -0.2) is 17.4 Å². The smallest absolute Gasteiger partial charge is 0.268 e. The van der Waals surface area contributed by atoms with E-state index in [-0.39, 0.29) is 16.2 Å². The third-order valence-electron chi connectivity index (χ3n) is 3.49. The highest BCUT2D eigenvalue weighted by Crippen LogP contribution is 2.28. The summed E-state index contributed by atoms with van der Waals surface area (Å²) in [5.74, 6) is -0.720. The molecule has 1 aromatic carbocycles. The predicted molar refractivity (Wildman–Crippen MR) is 88.2 cm³/mol. The summed E-state index contributed by atoms with van der Waals surface area (Å²) in [6.45, 7) is 0.457. The van der Waals surface area contributed by atoms with E-state index >= 15 is 0 Å². The highest BCUT2D eigenvalue weighted by Gasteiger charge is 2.23. The summed E-state index contributed by atoms with van der Waals surface area (Å²) in [4.78, 5) is 3.70. The molecular formula is C17H15FN3O2S. The second-order valence-electron chi connectivity index (χ2n) is 5.15. The van der Waals surface area contributed by atoms with Gasteiger partial charge >= 0.3 is 0 Å². The molecule has 0 amide bonds. The van der Waals surface area contributed by atoms with Crippen molar-refractivity contribution in [3.8, 4) is 11.3 Å². The lowest BCUT2D eigenvalue weighted by atomic mass is 10.2. The van der Waals surface area contributed by atoms with Crippen LogP contribution in [0.2, 0.25) is 0 Å². The number of aromatic nitrogens is 2. The Hall–Kier alpha value is -2.51. The molecule has 1 N–H and O–H groups in total. The van der Waals surface area contributed by atoms with Crippen molar-refractivity contribution in [3.63, 3.8) is 0 Å². The number of hydrogen-bond donors (Lipinski definition) is 1. The molecule has 123 valence electrons. The maximum Gasteiger partial charge on any atom is 0.268 e. The van der Waals surface area contributed by atoms with Gasteiger partial charge in [0.2, 0.25) is 5.95 Å². The lowest BCUT2D eigenvalue weighted by Gasteiger charge is -2.10. The highest BCUT2D eigenvalue weighted by atomic mass is 32.2. The third kappa shape index (κ3) is 2.95. The molecule has 7 heteroatoms. The zero-order valence-electron chi connectivity index (χ0n) is 12.9. The Morgan fingerprint density at radius 3 is 2.83 bits per heavy atom. The molecule has 2 heterocycles. The molecule has 0 saturated heterocycles. The number of hydrogen-bond acceptors (Lipinski definition) is 4. The van der Waals surface area contributed by atoms with Gasteiger partial charge in [0.1, 0.15) is 0 Å². The number of halogens is 1. The van der Waals surface area contributed by atoms with Crippen LogP contribution in [0.5, 0.6) is 0 Å². The standard InChI is InChI=1S/C17H15FN3O2S/c1-19-11-13-10-16(15-8-5-9-20-17(15)18)21(12-13)24(22,23)14-6-3-2-4-7-14/h2-3,5-10,12,19H,11H2,1H3. The fourth-order valence-corrected chi connectivity index (χ4v) is 3.80. The Labute approximate surface area is 139 Å². The second kappa shape index (κ2) is 6.54. The van der Waals surface area contributed by atoms with E-state index in [0.29, 0.717) is 6.54 Å². The molecule has 0 atom stereocenters. The van der Waals surface area contributed by atoms with Gasteiger partial charge in [0.25, 0.3) is 10.0 Å². The fourth-order valence-electron chi connectivity index (χ4n) is 2.42. The normalized spacial score (nSPS) is 11.6. The van der Waals surface area contributed by atoms with E-state index in [1.807, 2.05) is 0 Å². The highest BCUT2D eigenvalue weighted by molar-refractivity contribution is 7.90. The van der Waals surface area contributed by atoms with Crippen LogP contribution in [0, 0.1) is 12.0 Å². The molecule has 0 saturated carbocycles.